The highest BCUT2D eigenvalue weighted by molar-refractivity contribution is 7.18. The number of hydrogen-bond donors (Lipinski definition) is 2. The third-order valence-corrected chi connectivity index (χ3v) is 5.75. The van der Waals surface area contributed by atoms with Gasteiger partial charge in [-0.2, -0.15) is 0 Å². The first-order valence-electron chi connectivity index (χ1n) is 8.89. The van der Waals surface area contributed by atoms with Gasteiger partial charge in [0.05, 0.1) is 15.2 Å². The SMILES string of the molecule is CC(CNC(=O)CCCc1nc2ccccc2s1)(C(=O)O)c1ccccc1. The number of nitrogens with one attached hydrogen (secondary N) is 1. The van der Waals surface area contributed by atoms with E-state index in [4.69, 9.17) is 0 Å². The summed E-state index contributed by atoms with van der Waals surface area (Å²) in [6, 6.07) is 17.0. The molecule has 27 heavy (non-hydrogen) atoms. The number of thiazole rings is 1. The zero-order chi connectivity index (χ0) is 19.3. The highest BCUT2D eigenvalue weighted by Gasteiger charge is 2.35. The van der Waals surface area contributed by atoms with Crippen LogP contribution in [0.1, 0.15) is 30.3 Å². The van der Waals surface area contributed by atoms with Crippen LogP contribution in [-0.4, -0.2) is 28.5 Å². The van der Waals surface area contributed by atoms with E-state index in [-0.39, 0.29) is 12.5 Å². The minimum Gasteiger partial charge on any atom is -0.481 e. The molecule has 0 aliphatic heterocycles. The fourth-order valence-electron chi connectivity index (χ4n) is 2.90. The highest BCUT2D eigenvalue weighted by Crippen LogP contribution is 2.24. The molecule has 0 saturated carbocycles. The largest absolute Gasteiger partial charge is 0.481 e. The molecule has 0 aliphatic rings. The average molecular weight is 382 g/mol. The van der Waals surface area contributed by atoms with Crippen LogP contribution in [0, 0.1) is 0 Å². The fraction of sp³-hybridized carbons (Fsp3) is 0.286. The van der Waals surface area contributed by atoms with E-state index >= 15 is 0 Å². The van der Waals surface area contributed by atoms with Crippen molar-refractivity contribution < 1.29 is 14.7 Å². The second-order valence-electron chi connectivity index (χ2n) is 6.71. The van der Waals surface area contributed by atoms with Crippen molar-refractivity contribution in [3.8, 4) is 0 Å². The first-order chi connectivity index (χ1) is 13.0. The molecule has 1 unspecified atom stereocenters. The Balaban J connectivity index is 1.52. The summed E-state index contributed by atoms with van der Waals surface area (Å²) in [6.45, 7) is 1.69. The molecule has 1 amide bonds. The Morgan fingerprint density at radius 1 is 1.11 bits per heavy atom. The number of hydrogen-bond acceptors (Lipinski definition) is 4. The Morgan fingerprint density at radius 3 is 2.52 bits per heavy atom. The van der Waals surface area contributed by atoms with Crippen molar-refractivity contribution in [2.45, 2.75) is 31.6 Å². The predicted molar refractivity (Wildman–Crippen MR) is 107 cm³/mol. The molecule has 0 bridgehead atoms. The van der Waals surface area contributed by atoms with Crippen LogP contribution in [0.15, 0.2) is 54.6 Å². The molecule has 3 aromatic rings. The van der Waals surface area contributed by atoms with Crippen LogP contribution in [0.2, 0.25) is 0 Å². The number of carbonyl (C=O) groups is 2. The molecular formula is C21H22N2O3S. The number of rotatable bonds is 8. The molecule has 0 saturated heterocycles. The zero-order valence-corrected chi connectivity index (χ0v) is 16.0. The Labute approximate surface area is 162 Å². The van der Waals surface area contributed by atoms with E-state index in [1.165, 1.54) is 0 Å². The van der Waals surface area contributed by atoms with Crippen LogP contribution in [0.25, 0.3) is 10.2 Å². The summed E-state index contributed by atoms with van der Waals surface area (Å²) >= 11 is 1.65. The molecule has 6 heteroatoms. The van der Waals surface area contributed by atoms with Crippen molar-refractivity contribution in [2.24, 2.45) is 0 Å². The molecule has 140 valence electrons. The van der Waals surface area contributed by atoms with E-state index in [0.29, 0.717) is 18.4 Å². The van der Waals surface area contributed by atoms with Crippen LogP contribution >= 0.6 is 11.3 Å². The molecular weight excluding hydrogens is 360 g/mol. The van der Waals surface area contributed by atoms with Crippen molar-refractivity contribution in [3.63, 3.8) is 0 Å². The molecule has 1 atom stereocenters. The van der Waals surface area contributed by atoms with Crippen LogP contribution < -0.4 is 5.32 Å². The molecule has 2 N–H and O–H groups in total. The number of nitrogens with zero attached hydrogens (tertiary/aromatic N) is 1. The molecule has 2 aromatic carbocycles. The maximum Gasteiger partial charge on any atom is 0.315 e. The number of aliphatic carboxylic acids is 1. The third kappa shape index (κ3) is 4.52. The van der Waals surface area contributed by atoms with Crippen molar-refractivity contribution in [2.75, 3.05) is 6.54 Å². The molecule has 0 spiro atoms. The first kappa shape index (κ1) is 19.0. The summed E-state index contributed by atoms with van der Waals surface area (Å²) in [5.74, 6) is -1.09. The van der Waals surface area contributed by atoms with Gasteiger partial charge in [-0.1, -0.05) is 42.5 Å². The number of carbonyl (C=O) groups excluding carboxylic acids is 1. The van der Waals surface area contributed by atoms with Crippen molar-refractivity contribution in [1.82, 2.24) is 10.3 Å². The molecule has 3 rings (SSSR count). The lowest BCUT2D eigenvalue weighted by molar-refractivity contribution is -0.143. The summed E-state index contributed by atoms with van der Waals surface area (Å²) < 4.78 is 1.15. The molecule has 1 aromatic heterocycles. The number of benzene rings is 2. The topological polar surface area (TPSA) is 79.3 Å². The monoisotopic (exact) mass is 382 g/mol. The Morgan fingerprint density at radius 2 is 1.81 bits per heavy atom. The van der Waals surface area contributed by atoms with E-state index < -0.39 is 11.4 Å². The van der Waals surface area contributed by atoms with Gasteiger partial charge >= 0.3 is 5.97 Å². The van der Waals surface area contributed by atoms with Gasteiger partial charge in [0.15, 0.2) is 0 Å². The maximum absolute atomic E-state index is 12.2. The van der Waals surface area contributed by atoms with Gasteiger partial charge in [-0.05, 0) is 37.5 Å². The van der Waals surface area contributed by atoms with E-state index in [0.717, 1.165) is 21.6 Å². The quantitative estimate of drug-likeness (QED) is 0.621. The average Bonchev–Trinajstić information content (AvgIpc) is 3.09. The van der Waals surface area contributed by atoms with Crippen molar-refractivity contribution in [3.05, 3.63) is 65.2 Å². The van der Waals surface area contributed by atoms with Gasteiger partial charge in [0.1, 0.15) is 5.41 Å². The summed E-state index contributed by atoms with van der Waals surface area (Å²) in [7, 11) is 0. The molecule has 0 aliphatic carbocycles. The summed E-state index contributed by atoms with van der Waals surface area (Å²) in [5.41, 5.74) is 0.513. The lowest BCUT2D eigenvalue weighted by atomic mass is 9.82. The number of amides is 1. The number of aryl methyl sites for hydroxylation is 1. The molecule has 0 fully saturated rings. The van der Waals surface area contributed by atoms with Crippen molar-refractivity contribution in [1.29, 1.82) is 0 Å². The summed E-state index contributed by atoms with van der Waals surface area (Å²) in [6.07, 6.45) is 1.77. The highest BCUT2D eigenvalue weighted by atomic mass is 32.1. The van der Waals surface area contributed by atoms with Gasteiger partial charge in [-0.15, -0.1) is 11.3 Å². The minimum absolute atomic E-state index is 0.0618. The van der Waals surface area contributed by atoms with Gasteiger partial charge in [0, 0.05) is 13.0 Å². The lowest BCUT2D eigenvalue weighted by Gasteiger charge is -2.25. The Kier molecular flexibility index (Phi) is 5.86. The van der Waals surface area contributed by atoms with Crippen LogP contribution in [0.3, 0.4) is 0 Å². The van der Waals surface area contributed by atoms with E-state index in [1.807, 2.05) is 30.3 Å². The Hall–Kier alpha value is -2.73. The normalized spacial score (nSPS) is 13.2. The van der Waals surface area contributed by atoms with Crippen LogP contribution in [-0.2, 0) is 21.4 Å². The molecule has 5 nitrogen and oxygen atoms in total. The van der Waals surface area contributed by atoms with Crippen LogP contribution in [0.5, 0.6) is 0 Å². The minimum atomic E-state index is -1.15. The standard InChI is InChI=1S/C21H22N2O3S/c1-21(20(25)26,15-8-3-2-4-9-15)14-22-18(24)12-7-13-19-23-16-10-5-6-11-17(16)27-19/h2-6,8-11H,7,12-14H2,1H3,(H,22,24)(H,25,26). The number of carboxylic acid groups (broad SMARTS) is 1. The predicted octanol–water partition coefficient (Wildman–Crippen LogP) is 3.78. The van der Waals surface area contributed by atoms with E-state index in [9.17, 15) is 14.7 Å². The van der Waals surface area contributed by atoms with Gasteiger partial charge < -0.3 is 10.4 Å². The molecule has 0 radical (unpaired) electrons. The second kappa shape index (κ2) is 8.31. The molecule has 1 heterocycles. The number of aromatic nitrogens is 1. The van der Waals surface area contributed by atoms with Gasteiger partial charge in [0.2, 0.25) is 5.91 Å². The van der Waals surface area contributed by atoms with E-state index in [1.54, 1.807) is 42.5 Å². The third-order valence-electron chi connectivity index (χ3n) is 4.65. The first-order valence-corrected chi connectivity index (χ1v) is 9.71. The fourth-order valence-corrected chi connectivity index (χ4v) is 3.91. The summed E-state index contributed by atoms with van der Waals surface area (Å²) in [4.78, 5) is 28.5. The van der Waals surface area contributed by atoms with Gasteiger partial charge in [-0.25, -0.2) is 4.98 Å². The second-order valence-corrected chi connectivity index (χ2v) is 7.82. The van der Waals surface area contributed by atoms with Crippen molar-refractivity contribution >= 4 is 33.4 Å². The van der Waals surface area contributed by atoms with Gasteiger partial charge in [0.25, 0.3) is 0 Å². The Bertz CT molecular complexity index is 906. The smallest absolute Gasteiger partial charge is 0.315 e. The van der Waals surface area contributed by atoms with Crippen LogP contribution in [0.4, 0.5) is 0 Å². The maximum atomic E-state index is 12.2. The number of para-hydroxylation sites is 1. The van der Waals surface area contributed by atoms with E-state index in [2.05, 4.69) is 10.3 Å². The number of fused-ring (bicyclic) bond motifs is 1. The van der Waals surface area contributed by atoms with Gasteiger partial charge in [-0.3, -0.25) is 9.59 Å². The zero-order valence-electron chi connectivity index (χ0n) is 15.1. The summed E-state index contributed by atoms with van der Waals surface area (Å²) in [5, 5.41) is 13.4. The lowest BCUT2D eigenvalue weighted by Crippen LogP contribution is -2.44. The number of carboxylic acids is 1.